The largest absolute Gasteiger partial charge is 0.322 e. The first-order valence-electron chi connectivity index (χ1n) is 6.32. The van der Waals surface area contributed by atoms with Gasteiger partial charge in [0, 0.05) is 12.4 Å². The fourth-order valence-corrected chi connectivity index (χ4v) is 2.52. The molecular formula is C15H15Cl2N3O. The summed E-state index contributed by atoms with van der Waals surface area (Å²) in [7, 11) is 3.65. The van der Waals surface area contributed by atoms with Gasteiger partial charge in [-0.25, -0.2) is 0 Å². The van der Waals surface area contributed by atoms with Crippen molar-refractivity contribution in [1.82, 2.24) is 9.88 Å². The molecule has 1 unspecified atom stereocenters. The number of carbonyl (C=O) groups is 1. The minimum absolute atomic E-state index is 0.219. The molecule has 0 saturated carbocycles. The van der Waals surface area contributed by atoms with Crippen molar-refractivity contribution < 1.29 is 4.79 Å². The molecule has 0 aliphatic carbocycles. The molecule has 0 radical (unpaired) electrons. The molecule has 110 valence electrons. The zero-order chi connectivity index (χ0) is 15.4. The molecule has 0 spiro atoms. The summed E-state index contributed by atoms with van der Waals surface area (Å²) in [5.74, 6) is -0.219. The number of rotatable bonds is 4. The number of hydrogen-bond acceptors (Lipinski definition) is 3. The molecule has 1 aromatic heterocycles. The standard InChI is InChI=1S/C15H15Cl2N3O/c1-20(2)14(10-5-4-8-18-9-10)15(21)19-13-11(16)6-3-7-12(13)17/h3-9,14H,1-2H3,(H,19,21). The Kier molecular flexibility index (Phi) is 5.17. The van der Waals surface area contributed by atoms with Crippen LogP contribution >= 0.6 is 23.2 Å². The molecular weight excluding hydrogens is 309 g/mol. The molecule has 0 saturated heterocycles. The molecule has 0 aliphatic heterocycles. The van der Waals surface area contributed by atoms with Crippen LogP contribution in [0.1, 0.15) is 11.6 Å². The number of pyridine rings is 1. The number of aromatic nitrogens is 1. The third kappa shape index (κ3) is 3.73. The lowest BCUT2D eigenvalue weighted by Crippen LogP contribution is -2.32. The second kappa shape index (κ2) is 6.89. The lowest BCUT2D eigenvalue weighted by Gasteiger charge is -2.24. The molecule has 6 heteroatoms. The van der Waals surface area contributed by atoms with Gasteiger partial charge in [-0.3, -0.25) is 14.7 Å². The number of halogens is 2. The first kappa shape index (κ1) is 15.8. The molecule has 1 N–H and O–H groups in total. The van der Waals surface area contributed by atoms with Crippen molar-refractivity contribution in [3.8, 4) is 0 Å². The van der Waals surface area contributed by atoms with Crippen LogP contribution in [0.2, 0.25) is 10.0 Å². The zero-order valence-electron chi connectivity index (χ0n) is 11.7. The summed E-state index contributed by atoms with van der Waals surface area (Å²) in [6.45, 7) is 0. The number of hydrogen-bond donors (Lipinski definition) is 1. The highest BCUT2D eigenvalue weighted by molar-refractivity contribution is 6.39. The van der Waals surface area contributed by atoms with E-state index >= 15 is 0 Å². The Morgan fingerprint density at radius 3 is 2.38 bits per heavy atom. The quantitative estimate of drug-likeness (QED) is 0.934. The summed E-state index contributed by atoms with van der Waals surface area (Å²) in [5.41, 5.74) is 1.21. The van der Waals surface area contributed by atoms with E-state index in [1.54, 1.807) is 41.6 Å². The van der Waals surface area contributed by atoms with Crippen LogP contribution in [0.15, 0.2) is 42.7 Å². The molecule has 1 heterocycles. The summed E-state index contributed by atoms with van der Waals surface area (Å²) < 4.78 is 0. The lowest BCUT2D eigenvalue weighted by molar-refractivity contribution is -0.120. The molecule has 0 fully saturated rings. The Morgan fingerprint density at radius 2 is 1.86 bits per heavy atom. The van der Waals surface area contributed by atoms with Crippen LogP contribution in [0.3, 0.4) is 0 Å². The maximum atomic E-state index is 12.6. The molecule has 4 nitrogen and oxygen atoms in total. The Hall–Kier alpha value is -1.62. The Labute approximate surface area is 133 Å². The van der Waals surface area contributed by atoms with Gasteiger partial charge in [0.2, 0.25) is 5.91 Å². The van der Waals surface area contributed by atoms with Gasteiger partial charge in [0.1, 0.15) is 6.04 Å². The van der Waals surface area contributed by atoms with Gasteiger partial charge in [-0.2, -0.15) is 0 Å². The van der Waals surface area contributed by atoms with Crippen molar-refractivity contribution in [3.05, 3.63) is 58.3 Å². The number of para-hydroxylation sites is 1. The van der Waals surface area contributed by atoms with Gasteiger partial charge in [0.05, 0.1) is 15.7 Å². The molecule has 21 heavy (non-hydrogen) atoms. The SMILES string of the molecule is CN(C)C(C(=O)Nc1c(Cl)cccc1Cl)c1cccnc1. The first-order chi connectivity index (χ1) is 10.0. The second-order valence-corrected chi connectivity index (χ2v) is 5.55. The van der Waals surface area contributed by atoms with Crippen LogP contribution in [0.5, 0.6) is 0 Å². The van der Waals surface area contributed by atoms with Gasteiger partial charge in [-0.1, -0.05) is 35.3 Å². The Morgan fingerprint density at radius 1 is 1.19 bits per heavy atom. The van der Waals surface area contributed by atoms with E-state index in [4.69, 9.17) is 23.2 Å². The molecule has 1 aromatic carbocycles. The average Bonchev–Trinajstić information content (AvgIpc) is 2.44. The summed E-state index contributed by atoms with van der Waals surface area (Å²) in [5, 5.41) is 3.59. The average molecular weight is 324 g/mol. The monoisotopic (exact) mass is 323 g/mol. The summed E-state index contributed by atoms with van der Waals surface area (Å²) >= 11 is 12.2. The van der Waals surface area contributed by atoms with E-state index in [9.17, 15) is 4.79 Å². The van der Waals surface area contributed by atoms with Crippen molar-refractivity contribution in [3.63, 3.8) is 0 Å². The number of likely N-dealkylation sites (N-methyl/N-ethyl adjacent to an activating group) is 1. The molecule has 0 bridgehead atoms. The van der Waals surface area contributed by atoms with Crippen LogP contribution in [0.25, 0.3) is 0 Å². The minimum Gasteiger partial charge on any atom is -0.322 e. The molecule has 2 rings (SSSR count). The predicted molar refractivity (Wildman–Crippen MR) is 85.8 cm³/mol. The van der Waals surface area contributed by atoms with E-state index in [1.165, 1.54) is 0 Å². The Balaban J connectivity index is 2.29. The topological polar surface area (TPSA) is 45.2 Å². The van der Waals surface area contributed by atoms with Crippen LogP contribution in [-0.4, -0.2) is 29.9 Å². The number of benzene rings is 1. The molecule has 1 atom stereocenters. The fraction of sp³-hybridized carbons (Fsp3) is 0.200. The summed E-state index contributed by atoms with van der Waals surface area (Å²) in [4.78, 5) is 18.4. The summed E-state index contributed by atoms with van der Waals surface area (Å²) in [6.07, 6.45) is 3.33. The van der Waals surface area contributed by atoms with Gasteiger partial charge in [-0.15, -0.1) is 0 Å². The van der Waals surface area contributed by atoms with Crippen molar-refractivity contribution in [2.75, 3.05) is 19.4 Å². The normalized spacial score (nSPS) is 12.2. The fourth-order valence-electron chi connectivity index (χ4n) is 2.03. The van der Waals surface area contributed by atoms with Crippen LogP contribution in [0.4, 0.5) is 5.69 Å². The molecule has 2 aromatic rings. The minimum atomic E-state index is -0.481. The van der Waals surface area contributed by atoms with Gasteiger partial charge < -0.3 is 5.32 Å². The number of nitrogens with zero attached hydrogens (tertiary/aromatic N) is 2. The number of anilines is 1. The van der Waals surface area contributed by atoms with Crippen molar-refractivity contribution in [2.24, 2.45) is 0 Å². The molecule has 1 amide bonds. The van der Waals surface area contributed by atoms with Crippen LogP contribution in [0, 0.1) is 0 Å². The smallest absolute Gasteiger partial charge is 0.246 e. The van der Waals surface area contributed by atoms with Gasteiger partial charge in [0.15, 0.2) is 0 Å². The highest BCUT2D eigenvalue weighted by Crippen LogP contribution is 2.31. The van der Waals surface area contributed by atoms with Gasteiger partial charge in [-0.05, 0) is 37.9 Å². The van der Waals surface area contributed by atoms with E-state index in [0.29, 0.717) is 15.7 Å². The van der Waals surface area contributed by atoms with Crippen LogP contribution < -0.4 is 5.32 Å². The summed E-state index contributed by atoms with van der Waals surface area (Å²) in [6, 6.07) is 8.25. The zero-order valence-corrected chi connectivity index (χ0v) is 13.2. The van der Waals surface area contributed by atoms with Gasteiger partial charge >= 0.3 is 0 Å². The molecule has 0 aliphatic rings. The van der Waals surface area contributed by atoms with E-state index in [2.05, 4.69) is 10.3 Å². The van der Waals surface area contributed by atoms with E-state index in [1.807, 2.05) is 20.2 Å². The van der Waals surface area contributed by atoms with Crippen molar-refractivity contribution in [1.29, 1.82) is 0 Å². The van der Waals surface area contributed by atoms with Crippen molar-refractivity contribution in [2.45, 2.75) is 6.04 Å². The number of nitrogens with one attached hydrogen (secondary N) is 1. The maximum Gasteiger partial charge on any atom is 0.246 e. The first-order valence-corrected chi connectivity index (χ1v) is 7.07. The maximum absolute atomic E-state index is 12.6. The van der Waals surface area contributed by atoms with Gasteiger partial charge in [0.25, 0.3) is 0 Å². The van der Waals surface area contributed by atoms with E-state index < -0.39 is 6.04 Å². The lowest BCUT2D eigenvalue weighted by atomic mass is 10.1. The highest BCUT2D eigenvalue weighted by atomic mass is 35.5. The van der Waals surface area contributed by atoms with E-state index in [-0.39, 0.29) is 5.91 Å². The number of carbonyl (C=O) groups excluding carboxylic acids is 1. The van der Waals surface area contributed by atoms with E-state index in [0.717, 1.165) is 5.56 Å². The number of amides is 1. The Bertz CT molecular complexity index is 612. The predicted octanol–water partition coefficient (Wildman–Crippen LogP) is 3.63. The van der Waals surface area contributed by atoms with Crippen LogP contribution in [-0.2, 0) is 4.79 Å². The second-order valence-electron chi connectivity index (χ2n) is 4.74. The highest BCUT2D eigenvalue weighted by Gasteiger charge is 2.24. The third-order valence-corrected chi connectivity index (χ3v) is 3.61. The third-order valence-electron chi connectivity index (χ3n) is 2.98. The van der Waals surface area contributed by atoms with Crippen molar-refractivity contribution >= 4 is 34.8 Å².